The first-order valence-electron chi connectivity index (χ1n) is 11.8. The molecule has 1 saturated heterocycles. The van der Waals surface area contributed by atoms with Crippen molar-refractivity contribution in [2.45, 2.75) is 27.4 Å². The van der Waals surface area contributed by atoms with Crippen molar-refractivity contribution in [3.8, 4) is 17.2 Å². The molecule has 0 N–H and O–H groups in total. The molecule has 2 amide bonds. The van der Waals surface area contributed by atoms with Gasteiger partial charge in [-0.05, 0) is 79.6 Å². The van der Waals surface area contributed by atoms with Gasteiger partial charge in [0.05, 0.1) is 18.1 Å². The van der Waals surface area contributed by atoms with Gasteiger partial charge < -0.3 is 14.2 Å². The Morgan fingerprint density at radius 2 is 1.64 bits per heavy atom. The van der Waals surface area contributed by atoms with E-state index in [1.807, 2.05) is 81.4 Å². The van der Waals surface area contributed by atoms with Crippen LogP contribution in [0.4, 0.5) is 4.79 Å². The topological polar surface area (TPSA) is 65.1 Å². The summed E-state index contributed by atoms with van der Waals surface area (Å²) in [6.07, 6.45) is 1.71. The van der Waals surface area contributed by atoms with Crippen LogP contribution in [0.2, 0.25) is 0 Å². The number of nitrogens with zero attached hydrogens (tertiary/aromatic N) is 1. The van der Waals surface area contributed by atoms with Gasteiger partial charge in [0, 0.05) is 0 Å². The summed E-state index contributed by atoms with van der Waals surface area (Å²) in [5.41, 5.74) is 4.08. The number of ether oxygens (including phenoxy) is 3. The maximum atomic E-state index is 12.9. The molecule has 0 radical (unpaired) electrons. The van der Waals surface area contributed by atoms with Gasteiger partial charge in [-0.1, -0.05) is 48.0 Å². The molecule has 4 rings (SSSR count). The van der Waals surface area contributed by atoms with Crippen LogP contribution in [0.25, 0.3) is 6.08 Å². The normalized spacial score (nSPS) is 14.4. The molecule has 3 aromatic carbocycles. The Labute approximate surface area is 215 Å². The molecule has 6 nitrogen and oxygen atoms in total. The number of carbonyl (C=O) groups is 2. The average molecular weight is 504 g/mol. The molecule has 0 spiro atoms. The average Bonchev–Trinajstić information content (AvgIpc) is 3.11. The number of rotatable bonds is 10. The molecule has 0 aliphatic carbocycles. The molecular formula is C29H29NO5S. The first-order chi connectivity index (χ1) is 17.4. The number of hydrogen-bond acceptors (Lipinski definition) is 6. The van der Waals surface area contributed by atoms with Crippen LogP contribution < -0.4 is 14.2 Å². The van der Waals surface area contributed by atoms with Crippen LogP contribution in [0.5, 0.6) is 17.2 Å². The Morgan fingerprint density at radius 1 is 0.861 bits per heavy atom. The molecule has 0 atom stereocenters. The molecule has 1 aliphatic heterocycles. The van der Waals surface area contributed by atoms with Crippen molar-refractivity contribution in [2.24, 2.45) is 0 Å². The predicted molar refractivity (Wildman–Crippen MR) is 142 cm³/mol. The molecule has 3 aromatic rings. The van der Waals surface area contributed by atoms with Crippen LogP contribution in [-0.4, -0.2) is 35.8 Å². The van der Waals surface area contributed by atoms with E-state index in [2.05, 4.69) is 6.07 Å². The van der Waals surface area contributed by atoms with Gasteiger partial charge in [-0.3, -0.25) is 14.5 Å². The summed E-state index contributed by atoms with van der Waals surface area (Å²) >= 11 is 0.929. The lowest BCUT2D eigenvalue weighted by atomic mass is 10.1. The quantitative estimate of drug-likeness (QED) is 0.299. The molecule has 186 valence electrons. The Kier molecular flexibility index (Phi) is 8.33. The van der Waals surface area contributed by atoms with Gasteiger partial charge >= 0.3 is 0 Å². The maximum absolute atomic E-state index is 12.9. The van der Waals surface area contributed by atoms with Gasteiger partial charge in [0.1, 0.15) is 19.0 Å². The lowest BCUT2D eigenvalue weighted by Crippen LogP contribution is -2.32. The summed E-state index contributed by atoms with van der Waals surface area (Å²) in [5, 5.41) is -0.303. The van der Waals surface area contributed by atoms with Gasteiger partial charge in [0.25, 0.3) is 11.1 Å². The summed E-state index contributed by atoms with van der Waals surface area (Å²) < 4.78 is 17.5. The maximum Gasteiger partial charge on any atom is 0.293 e. The van der Waals surface area contributed by atoms with Crippen molar-refractivity contribution in [3.63, 3.8) is 0 Å². The number of aryl methyl sites for hydroxylation is 2. The standard InChI is InChI=1S/C29H29NO5S/c1-4-33-26-17-22(11-12-25(26)35-19-23-9-5-7-20(2)15-23)18-27-28(31)30(29(32)36-27)13-14-34-24-10-6-8-21(3)16-24/h5-12,15-18H,4,13-14,19H2,1-3H3/b27-18-. The minimum absolute atomic E-state index is 0.186. The van der Waals surface area contributed by atoms with Crippen molar-refractivity contribution in [1.29, 1.82) is 0 Å². The molecule has 0 bridgehead atoms. The van der Waals surface area contributed by atoms with Crippen LogP contribution in [0, 0.1) is 13.8 Å². The number of amides is 2. The Balaban J connectivity index is 1.42. The van der Waals surface area contributed by atoms with Crippen LogP contribution in [0.1, 0.15) is 29.2 Å². The third-order valence-electron chi connectivity index (χ3n) is 5.49. The molecule has 0 unspecified atom stereocenters. The minimum Gasteiger partial charge on any atom is -0.492 e. The zero-order chi connectivity index (χ0) is 25.5. The van der Waals surface area contributed by atoms with E-state index in [1.54, 1.807) is 6.08 Å². The molecule has 7 heteroatoms. The smallest absolute Gasteiger partial charge is 0.293 e. The first-order valence-corrected chi connectivity index (χ1v) is 12.6. The number of imide groups is 1. The monoisotopic (exact) mass is 503 g/mol. The van der Waals surface area contributed by atoms with E-state index in [9.17, 15) is 9.59 Å². The first kappa shape index (κ1) is 25.4. The van der Waals surface area contributed by atoms with Gasteiger partial charge in [-0.15, -0.1) is 0 Å². The van der Waals surface area contributed by atoms with E-state index >= 15 is 0 Å². The van der Waals surface area contributed by atoms with Crippen LogP contribution in [0.3, 0.4) is 0 Å². The van der Waals surface area contributed by atoms with Gasteiger partial charge in [0.15, 0.2) is 11.5 Å². The second kappa shape index (κ2) is 11.8. The Bertz CT molecular complexity index is 1290. The van der Waals surface area contributed by atoms with Crippen molar-refractivity contribution in [1.82, 2.24) is 4.90 Å². The zero-order valence-corrected chi connectivity index (χ0v) is 21.5. The van der Waals surface area contributed by atoms with Gasteiger partial charge in [-0.2, -0.15) is 0 Å². The highest BCUT2D eigenvalue weighted by atomic mass is 32.2. The van der Waals surface area contributed by atoms with E-state index in [4.69, 9.17) is 14.2 Å². The molecule has 1 aliphatic rings. The van der Waals surface area contributed by atoms with Crippen molar-refractivity contribution >= 4 is 29.0 Å². The largest absolute Gasteiger partial charge is 0.492 e. The third kappa shape index (κ3) is 6.49. The van der Waals surface area contributed by atoms with Crippen LogP contribution >= 0.6 is 11.8 Å². The fourth-order valence-electron chi connectivity index (χ4n) is 3.77. The molecule has 1 fully saturated rings. The number of hydrogen-bond donors (Lipinski definition) is 0. The molecule has 1 heterocycles. The van der Waals surface area contributed by atoms with E-state index < -0.39 is 0 Å². The highest BCUT2D eigenvalue weighted by Gasteiger charge is 2.34. The van der Waals surface area contributed by atoms with Crippen LogP contribution in [-0.2, 0) is 11.4 Å². The second-order valence-corrected chi connectivity index (χ2v) is 9.41. The van der Waals surface area contributed by atoms with E-state index in [0.29, 0.717) is 35.4 Å². The summed E-state index contributed by atoms with van der Waals surface area (Å²) in [7, 11) is 0. The SMILES string of the molecule is CCOc1cc(/C=C2\SC(=O)N(CCOc3cccc(C)c3)C2=O)ccc1OCc1cccc(C)c1. The summed E-state index contributed by atoms with van der Waals surface area (Å²) in [4.78, 5) is 26.9. The molecule has 0 saturated carbocycles. The molecule has 0 aromatic heterocycles. The Hall–Kier alpha value is -3.71. The highest BCUT2D eigenvalue weighted by molar-refractivity contribution is 8.18. The fourth-order valence-corrected chi connectivity index (χ4v) is 4.63. The van der Waals surface area contributed by atoms with Crippen molar-refractivity contribution < 1.29 is 23.8 Å². The van der Waals surface area contributed by atoms with Crippen molar-refractivity contribution in [2.75, 3.05) is 19.8 Å². The number of carbonyl (C=O) groups excluding carboxylic acids is 2. The predicted octanol–water partition coefficient (Wildman–Crippen LogP) is 6.40. The van der Waals surface area contributed by atoms with E-state index in [-0.39, 0.29) is 24.3 Å². The zero-order valence-electron chi connectivity index (χ0n) is 20.7. The fraction of sp³-hybridized carbons (Fsp3) is 0.241. The Morgan fingerprint density at radius 3 is 2.39 bits per heavy atom. The number of thioether (sulfide) groups is 1. The third-order valence-corrected chi connectivity index (χ3v) is 6.40. The van der Waals surface area contributed by atoms with Gasteiger partial charge in [-0.25, -0.2) is 0 Å². The van der Waals surface area contributed by atoms with E-state index in [1.165, 1.54) is 10.5 Å². The van der Waals surface area contributed by atoms with E-state index in [0.717, 1.165) is 28.5 Å². The number of benzene rings is 3. The van der Waals surface area contributed by atoms with Gasteiger partial charge in [0.2, 0.25) is 0 Å². The minimum atomic E-state index is -0.324. The summed E-state index contributed by atoms with van der Waals surface area (Å²) in [6, 6.07) is 21.3. The van der Waals surface area contributed by atoms with Crippen LogP contribution in [0.15, 0.2) is 71.6 Å². The molecule has 36 heavy (non-hydrogen) atoms. The molecular weight excluding hydrogens is 474 g/mol. The second-order valence-electron chi connectivity index (χ2n) is 8.42. The lowest BCUT2D eigenvalue weighted by molar-refractivity contribution is -0.123. The summed E-state index contributed by atoms with van der Waals surface area (Å²) in [6.45, 7) is 7.24. The lowest BCUT2D eigenvalue weighted by Gasteiger charge is -2.14. The van der Waals surface area contributed by atoms with Crippen molar-refractivity contribution in [3.05, 3.63) is 93.9 Å². The summed E-state index contributed by atoms with van der Waals surface area (Å²) in [5.74, 6) is 1.60. The highest BCUT2D eigenvalue weighted by Crippen LogP contribution is 2.35.